The summed E-state index contributed by atoms with van der Waals surface area (Å²) in [5.41, 5.74) is 7.92. The fourth-order valence-corrected chi connectivity index (χ4v) is 1.82. The normalized spacial score (nSPS) is 10.6. The van der Waals surface area contributed by atoms with Gasteiger partial charge < -0.3 is 11.1 Å². The second-order valence-corrected chi connectivity index (χ2v) is 4.27. The van der Waals surface area contributed by atoms with Crippen molar-refractivity contribution in [1.82, 2.24) is 4.98 Å². The Bertz CT molecular complexity index is 566. The van der Waals surface area contributed by atoms with Crippen LogP contribution in [-0.4, -0.2) is 17.4 Å². The van der Waals surface area contributed by atoms with Gasteiger partial charge >= 0.3 is 0 Å². The molecule has 0 spiro atoms. The molecule has 18 heavy (non-hydrogen) atoms. The summed E-state index contributed by atoms with van der Waals surface area (Å²) in [6.45, 7) is 2.47. The number of nitrogens with zero attached hydrogens (tertiary/aromatic N) is 1. The van der Waals surface area contributed by atoms with E-state index in [4.69, 9.17) is 5.73 Å². The van der Waals surface area contributed by atoms with Gasteiger partial charge in [-0.1, -0.05) is 18.2 Å². The standard InChI is InChI=1S/C14H17N3O/c1-10-7-8-11-4-2-5-12(14(11)16-10)17-13(18)6-3-9-15/h2,4-5,7-8H,3,6,9,15H2,1H3,(H,17,18). The number of nitrogens with one attached hydrogen (secondary N) is 1. The topological polar surface area (TPSA) is 68.0 Å². The van der Waals surface area contributed by atoms with E-state index < -0.39 is 0 Å². The Labute approximate surface area is 106 Å². The summed E-state index contributed by atoms with van der Waals surface area (Å²) in [5, 5.41) is 3.92. The van der Waals surface area contributed by atoms with E-state index in [-0.39, 0.29) is 5.91 Å². The van der Waals surface area contributed by atoms with Crippen molar-refractivity contribution < 1.29 is 4.79 Å². The van der Waals surface area contributed by atoms with Crippen molar-refractivity contribution in [3.05, 3.63) is 36.0 Å². The van der Waals surface area contributed by atoms with Crippen molar-refractivity contribution in [1.29, 1.82) is 0 Å². The van der Waals surface area contributed by atoms with Crippen LogP contribution in [-0.2, 0) is 4.79 Å². The van der Waals surface area contributed by atoms with E-state index >= 15 is 0 Å². The minimum atomic E-state index is -0.0174. The van der Waals surface area contributed by atoms with Gasteiger partial charge in [-0.15, -0.1) is 0 Å². The van der Waals surface area contributed by atoms with E-state index in [0.29, 0.717) is 19.4 Å². The molecular weight excluding hydrogens is 226 g/mol. The Morgan fingerprint density at radius 2 is 2.17 bits per heavy atom. The Kier molecular flexibility index (Phi) is 3.89. The number of hydrogen-bond acceptors (Lipinski definition) is 3. The number of amides is 1. The van der Waals surface area contributed by atoms with E-state index in [1.165, 1.54) is 0 Å². The molecule has 1 aromatic carbocycles. The minimum Gasteiger partial charge on any atom is -0.330 e. The molecule has 2 rings (SSSR count). The molecule has 2 aromatic rings. The second kappa shape index (κ2) is 5.60. The smallest absolute Gasteiger partial charge is 0.224 e. The van der Waals surface area contributed by atoms with Gasteiger partial charge in [0.25, 0.3) is 0 Å². The number of anilines is 1. The average molecular weight is 243 g/mol. The van der Waals surface area contributed by atoms with Crippen LogP contribution in [0.1, 0.15) is 18.5 Å². The second-order valence-electron chi connectivity index (χ2n) is 4.27. The van der Waals surface area contributed by atoms with Crippen molar-refractivity contribution in [2.75, 3.05) is 11.9 Å². The third-order valence-corrected chi connectivity index (χ3v) is 2.74. The first-order chi connectivity index (χ1) is 8.70. The molecule has 1 heterocycles. The first-order valence-electron chi connectivity index (χ1n) is 6.07. The molecule has 3 N–H and O–H groups in total. The zero-order valence-corrected chi connectivity index (χ0v) is 10.4. The van der Waals surface area contributed by atoms with Crippen LogP contribution >= 0.6 is 0 Å². The van der Waals surface area contributed by atoms with Crippen LogP contribution in [0.3, 0.4) is 0 Å². The maximum Gasteiger partial charge on any atom is 0.224 e. The highest BCUT2D eigenvalue weighted by atomic mass is 16.1. The van der Waals surface area contributed by atoms with Crippen molar-refractivity contribution in [3.8, 4) is 0 Å². The van der Waals surface area contributed by atoms with Gasteiger partial charge in [0.05, 0.1) is 11.2 Å². The van der Waals surface area contributed by atoms with Crippen LogP contribution in [0.4, 0.5) is 5.69 Å². The van der Waals surface area contributed by atoms with Crippen molar-refractivity contribution >= 4 is 22.5 Å². The monoisotopic (exact) mass is 243 g/mol. The van der Waals surface area contributed by atoms with Gasteiger partial charge in [-0.05, 0) is 32.0 Å². The van der Waals surface area contributed by atoms with Gasteiger partial charge in [-0.3, -0.25) is 9.78 Å². The maximum atomic E-state index is 11.7. The number of aromatic nitrogens is 1. The maximum absolute atomic E-state index is 11.7. The summed E-state index contributed by atoms with van der Waals surface area (Å²) in [6.07, 6.45) is 1.14. The van der Waals surface area contributed by atoms with Crippen LogP contribution in [0.5, 0.6) is 0 Å². The summed E-state index contributed by atoms with van der Waals surface area (Å²) in [7, 11) is 0. The number of nitrogens with two attached hydrogens (primary N) is 1. The Balaban J connectivity index is 2.27. The molecule has 94 valence electrons. The van der Waals surface area contributed by atoms with Gasteiger partial charge in [0.1, 0.15) is 0 Å². The molecule has 1 amide bonds. The number of aryl methyl sites for hydroxylation is 1. The number of para-hydroxylation sites is 1. The molecule has 1 aromatic heterocycles. The van der Waals surface area contributed by atoms with Crippen LogP contribution in [0.25, 0.3) is 10.9 Å². The lowest BCUT2D eigenvalue weighted by atomic mass is 10.1. The number of pyridine rings is 1. The van der Waals surface area contributed by atoms with E-state index in [1.807, 2.05) is 37.3 Å². The van der Waals surface area contributed by atoms with Crippen molar-refractivity contribution in [2.45, 2.75) is 19.8 Å². The predicted molar refractivity (Wildman–Crippen MR) is 73.4 cm³/mol. The van der Waals surface area contributed by atoms with Gasteiger partial charge in [0, 0.05) is 17.5 Å². The Morgan fingerprint density at radius 1 is 1.33 bits per heavy atom. The largest absolute Gasteiger partial charge is 0.330 e. The molecule has 4 nitrogen and oxygen atoms in total. The van der Waals surface area contributed by atoms with Gasteiger partial charge in [0.2, 0.25) is 5.91 Å². The SMILES string of the molecule is Cc1ccc2cccc(NC(=O)CCCN)c2n1. The number of hydrogen-bond donors (Lipinski definition) is 2. The highest BCUT2D eigenvalue weighted by molar-refractivity contribution is 6.00. The first kappa shape index (κ1) is 12.5. The van der Waals surface area contributed by atoms with Crippen molar-refractivity contribution in [3.63, 3.8) is 0 Å². The molecule has 0 fully saturated rings. The molecule has 0 bridgehead atoms. The lowest BCUT2D eigenvalue weighted by Gasteiger charge is -2.08. The lowest BCUT2D eigenvalue weighted by Crippen LogP contribution is -2.13. The Hall–Kier alpha value is -1.94. The molecule has 0 aliphatic heterocycles. The number of carbonyl (C=O) groups is 1. The molecular formula is C14H17N3O. The van der Waals surface area contributed by atoms with Crippen LogP contribution in [0, 0.1) is 6.92 Å². The third kappa shape index (κ3) is 2.84. The van der Waals surface area contributed by atoms with Crippen LogP contribution in [0.15, 0.2) is 30.3 Å². The number of rotatable bonds is 4. The molecule has 0 radical (unpaired) electrons. The summed E-state index contributed by atoms with van der Waals surface area (Å²) < 4.78 is 0. The number of fused-ring (bicyclic) bond motifs is 1. The fourth-order valence-electron chi connectivity index (χ4n) is 1.82. The molecule has 0 aliphatic carbocycles. The summed E-state index contributed by atoms with van der Waals surface area (Å²) in [5.74, 6) is -0.0174. The van der Waals surface area contributed by atoms with E-state index in [0.717, 1.165) is 22.3 Å². The zero-order chi connectivity index (χ0) is 13.0. The molecule has 0 saturated heterocycles. The lowest BCUT2D eigenvalue weighted by molar-refractivity contribution is -0.116. The third-order valence-electron chi connectivity index (χ3n) is 2.74. The van der Waals surface area contributed by atoms with Gasteiger partial charge in [-0.25, -0.2) is 0 Å². The molecule has 4 heteroatoms. The van der Waals surface area contributed by atoms with Gasteiger partial charge in [-0.2, -0.15) is 0 Å². The number of carbonyl (C=O) groups excluding carboxylic acids is 1. The predicted octanol–water partition coefficient (Wildman–Crippen LogP) is 2.22. The summed E-state index contributed by atoms with van der Waals surface area (Å²) in [4.78, 5) is 16.2. The van der Waals surface area contributed by atoms with E-state index in [1.54, 1.807) is 0 Å². The van der Waals surface area contributed by atoms with E-state index in [2.05, 4.69) is 10.3 Å². The highest BCUT2D eigenvalue weighted by Crippen LogP contribution is 2.21. The van der Waals surface area contributed by atoms with Crippen molar-refractivity contribution in [2.24, 2.45) is 5.73 Å². The molecule has 0 unspecified atom stereocenters. The molecule has 0 atom stereocenters. The minimum absolute atomic E-state index is 0.0174. The van der Waals surface area contributed by atoms with E-state index in [9.17, 15) is 4.79 Å². The zero-order valence-electron chi connectivity index (χ0n) is 10.4. The first-order valence-corrected chi connectivity index (χ1v) is 6.07. The Morgan fingerprint density at radius 3 is 2.94 bits per heavy atom. The molecule has 0 saturated carbocycles. The average Bonchev–Trinajstić information content (AvgIpc) is 2.37. The fraction of sp³-hybridized carbons (Fsp3) is 0.286. The highest BCUT2D eigenvalue weighted by Gasteiger charge is 2.06. The summed E-state index contributed by atoms with van der Waals surface area (Å²) >= 11 is 0. The van der Waals surface area contributed by atoms with Gasteiger partial charge in [0.15, 0.2) is 0 Å². The van der Waals surface area contributed by atoms with Crippen LogP contribution < -0.4 is 11.1 Å². The molecule has 0 aliphatic rings. The summed E-state index contributed by atoms with van der Waals surface area (Å²) in [6, 6.07) is 9.74. The van der Waals surface area contributed by atoms with Crippen LogP contribution in [0.2, 0.25) is 0 Å². The number of benzene rings is 1. The quantitative estimate of drug-likeness (QED) is 0.865.